The molecule has 29 heavy (non-hydrogen) atoms. The van der Waals surface area contributed by atoms with Crippen LogP contribution in [-0.4, -0.2) is 18.0 Å². The van der Waals surface area contributed by atoms with Crippen LogP contribution in [0.1, 0.15) is 20.8 Å². The summed E-state index contributed by atoms with van der Waals surface area (Å²) < 4.78 is 0. The molecule has 5 nitrogen and oxygen atoms in total. The highest BCUT2D eigenvalue weighted by Gasteiger charge is 2.14. The number of hydrogen-bond donors (Lipinski definition) is 2. The average molecular weight is 444 g/mol. The Hall–Kier alpha value is -2.93. The molecule has 3 aromatic rings. The lowest BCUT2D eigenvalue weighted by Crippen LogP contribution is -2.32. The summed E-state index contributed by atoms with van der Waals surface area (Å²) >= 11 is 13.6. The van der Waals surface area contributed by atoms with Gasteiger partial charge in [0.05, 0.1) is 16.3 Å². The third-order valence-electron chi connectivity index (χ3n) is 3.72. The van der Waals surface area contributed by atoms with Crippen LogP contribution in [-0.2, 0) is 4.79 Å². The van der Waals surface area contributed by atoms with Crippen molar-refractivity contribution in [1.29, 1.82) is 0 Å². The van der Waals surface area contributed by atoms with Crippen LogP contribution in [0.25, 0.3) is 6.08 Å². The number of hydrazone groups is 1. The Morgan fingerprint density at radius 2 is 1.66 bits per heavy atom. The summed E-state index contributed by atoms with van der Waals surface area (Å²) in [7, 11) is 0. The number of thiophene rings is 1. The summed E-state index contributed by atoms with van der Waals surface area (Å²) in [5.74, 6) is -0.983. The fraction of sp³-hybridized carbons (Fsp3) is 0. The first kappa shape index (κ1) is 20.8. The quantitative estimate of drug-likeness (QED) is 0.320. The van der Waals surface area contributed by atoms with Crippen LogP contribution in [0.2, 0.25) is 10.0 Å². The molecule has 0 spiro atoms. The molecule has 146 valence electrons. The lowest BCUT2D eigenvalue weighted by Gasteiger charge is -2.09. The van der Waals surface area contributed by atoms with E-state index in [0.717, 1.165) is 4.88 Å². The first-order chi connectivity index (χ1) is 14.0. The molecule has 1 heterocycles. The molecule has 2 amide bonds. The Bertz CT molecular complexity index is 1040. The first-order valence-corrected chi connectivity index (χ1v) is 10.1. The highest BCUT2D eigenvalue weighted by molar-refractivity contribution is 7.10. The van der Waals surface area contributed by atoms with Crippen molar-refractivity contribution in [3.63, 3.8) is 0 Å². The molecule has 0 unspecified atom stereocenters. The fourth-order valence-electron chi connectivity index (χ4n) is 2.31. The Labute approximate surface area is 181 Å². The van der Waals surface area contributed by atoms with Crippen LogP contribution in [0.3, 0.4) is 0 Å². The van der Waals surface area contributed by atoms with Crippen molar-refractivity contribution in [1.82, 2.24) is 10.7 Å². The molecular weight excluding hydrogens is 429 g/mol. The monoisotopic (exact) mass is 443 g/mol. The van der Waals surface area contributed by atoms with Gasteiger partial charge < -0.3 is 5.32 Å². The summed E-state index contributed by atoms with van der Waals surface area (Å²) in [5, 5.41) is 9.23. The molecule has 0 bridgehead atoms. The number of hydrogen-bond acceptors (Lipinski definition) is 4. The van der Waals surface area contributed by atoms with Gasteiger partial charge in [0.25, 0.3) is 11.8 Å². The lowest BCUT2D eigenvalue weighted by molar-refractivity contribution is -0.117. The summed E-state index contributed by atoms with van der Waals surface area (Å²) in [5.41, 5.74) is 3.36. The van der Waals surface area contributed by atoms with Gasteiger partial charge in [-0.3, -0.25) is 9.59 Å². The standard InChI is InChI=1S/C21H15Cl2N3O2S/c22-17-9-4-10-18(23)16(17)13-24-26-21(28)19(12-15-8-5-11-29-15)25-20(27)14-6-2-1-3-7-14/h1-13H,(H,25,27)(H,26,28)/b19-12+,24-13+. The van der Waals surface area contributed by atoms with Gasteiger partial charge in [-0.15, -0.1) is 11.3 Å². The smallest absolute Gasteiger partial charge is 0.287 e. The van der Waals surface area contributed by atoms with Gasteiger partial charge in [0.1, 0.15) is 5.70 Å². The van der Waals surface area contributed by atoms with Crippen molar-refractivity contribution in [3.8, 4) is 0 Å². The first-order valence-electron chi connectivity index (χ1n) is 8.43. The Morgan fingerprint density at radius 1 is 0.931 bits per heavy atom. The van der Waals surface area contributed by atoms with Crippen molar-refractivity contribution < 1.29 is 9.59 Å². The molecular formula is C21H15Cl2N3O2S. The minimum absolute atomic E-state index is 0.0590. The summed E-state index contributed by atoms with van der Waals surface area (Å²) in [6, 6.07) is 17.3. The zero-order chi connectivity index (χ0) is 20.6. The van der Waals surface area contributed by atoms with Crippen molar-refractivity contribution in [3.05, 3.63) is 97.8 Å². The van der Waals surface area contributed by atoms with Gasteiger partial charge >= 0.3 is 0 Å². The van der Waals surface area contributed by atoms with E-state index in [1.807, 2.05) is 17.5 Å². The van der Waals surface area contributed by atoms with Gasteiger partial charge in [-0.2, -0.15) is 5.10 Å². The number of nitrogens with zero attached hydrogens (tertiary/aromatic N) is 1. The van der Waals surface area contributed by atoms with Crippen LogP contribution >= 0.6 is 34.5 Å². The minimum Gasteiger partial charge on any atom is -0.317 e. The number of nitrogens with one attached hydrogen (secondary N) is 2. The summed E-state index contributed by atoms with van der Waals surface area (Å²) in [6.07, 6.45) is 2.93. The predicted octanol–water partition coefficient (Wildman–Crippen LogP) is 4.98. The number of carbonyl (C=O) groups is 2. The molecule has 0 aliphatic carbocycles. The van der Waals surface area contributed by atoms with E-state index in [1.54, 1.807) is 54.6 Å². The van der Waals surface area contributed by atoms with Crippen LogP contribution in [0.5, 0.6) is 0 Å². The molecule has 3 rings (SSSR count). The summed E-state index contributed by atoms with van der Waals surface area (Å²) in [6.45, 7) is 0. The van der Waals surface area contributed by atoms with Crippen molar-refractivity contribution in [2.24, 2.45) is 5.10 Å². The van der Waals surface area contributed by atoms with Gasteiger partial charge in [-0.25, -0.2) is 5.43 Å². The van der Waals surface area contributed by atoms with Gasteiger partial charge in [0.2, 0.25) is 0 Å². The van der Waals surface area contributed by atoms with E-state index in [4.69, 9.17) is 23.2 Å². The van der Waals surface area contributed by atoms with Crippen molar-refractivity contribution in [2.75, 3.05) is 0 Å². The van der Waals surface area contributed by atoms with E-state index in [0.29, 0.717) is 21.2 Å². The zero-order valence-corrected chi connectivity index (χ0v) is 17.3. The van der Waals surface area contributed by atoms with Gasteiger partial charge in [0.15, 0.2) is 0 Å². The van der Waals surface area contributed by atoms with Crippen LogP contribution < -0.4 is 10.7 Å². The predicted molar refractivity (Wildman–Crippen MR) is 118 cm³/mol. The largest absolute Gasteiger partial charge is 0.317 e. The highest BCUT2D eigenvalue weighted by Crippen LogP contribution is 2.22. The van der Waals surface area contributed by atoms with Crippen LogP contribution in [0.15, 0.2) is 76.8 Å². The van der Waals surface area contributed by atoms with E-state index in [-0.39, 0.29) is 5.70 Å². The van der Waals surface area contributed by atoms with Crippen LogP contribution in [0, 0.1) is 0 Å². The third kappa shape index (κ3) is 5.77. The normalized spacial score (nSPS) is 11.4. The number of amides is 2. The van der Waals surface area contributed by atoms with Gasteiger partial charge in [-0.05, 0) is 41.8 Å². The highest BCUT2D eigenvalue weighted by atomic mass is 35.5. The Morgan fingerprint density at radius 3 is 2.31 bits per heavy atom. The van der Waals surface area contributed by atoms with E-state index in [2.05, 4.69) is 15.8 Å². The van der Waals surface area contributed by atoms with E-state index in [1.165, 1.54) is 17.6 Å². The molecule has 2 aromatic carbocycles. The second-order valence-electron chi connectivity index (χ2n) is 5.73. The maximum absolute atomic E-state index is 12.6. The lowest BCUT2D eigenvalue weighted by atomic mass is 10.2. The molecule has 2 N–H and O–H groups in total. The average Bonchev–Trinajstić information content (AvgIpc) is 3.23. The molecule has 8 heteroatoms. The molecule has 0 saturated heterocycles. The van der Waals surface area contributed by atoms with E-state index in [9.17, 15) is 9.59 Å². The maximum Gasteiger partial charge on any atom is 0.287 e. The van der Waals surface area contributed by atoms with Crippen molar-refractivity contribution >= 4 is 58.6 Å². The maximum atomic E-state index is 12.6. The molecule has 1 aromatic heterocycles. The fourth-order valence-corrected chi connectivity index (χ4v) is 3.46. The topological polar surface area (TPSA) is 70.6 Å². The second-order valence-corrected chi connectivity index (χ2v) is 7.52. The molecule has 0 fully saturated rings. The Kier molecular flexibility index (Phi) is 7.19. The molecule has 0 aliphatic rings. The molecule has 0 atom stereocenters. The second kappa shape index (κ2) is 10.0. The van der Waals surface area contributed by atoms with Gasteiger partial charge in [0, 0.05) is 16.0 Å². The van der Waals surface area contributed by atoms with Crippen molar-refractivity contribution in [2.45, 2.75) is 0 Å². The van der Waals surface area contributed by atoms with Crippen LogP contribution in [0.4, 0.5) is 0 Å². The molecule has 0 radical (unpaired) electrons. The minimum atomic E-state index is -0.581. The molecule has 0 saturated carbocycles. The SMILES string of the molecule is O=C(N/N=C/c1c(Cl)cccc1Cl)/C(=C\c1cccs1)NC(=O)c1ccccc1. The van der Waals surface area contributed by atoms with E-state index >= 15 is 0 Å². The number of benzene rings is 2. The number of halogens is 2. The number of carbonyl (C=O) groups excluding carboxylic acids is 2. The van der Waals surface area contributed by atoms with Gasteiger partial charge in [-0.1, -0.05) is 53.5 Å². The zero-order valence-electron chi connectivity index (χ0n) is 14.9. The number of rotatable bonds is 6. The molecule has 0 aliphatic heterocycles. The summed E-state index contributed by atoms with van der Waals surface area (Å²) in [4.78, 5) is 25.9. The Balaban J connectivity index is 1.78. The van der Waals surface area contributed by atoms with E-state index < -0.39 is 11.8 Å². The third-order valence-corrected chi connectivity index (χ3v) is 5.20.